The first-order chi connectivity index (χ1) is 26.0. The van der Waals surface area contributed by atoms with Crippen LogP contribution in [0.1, 0.15) is 40.8 Å². The highest BCUT2D eigenvalue weighted by atomic mass is 32.2. The first-order valence-electron chi connectivity index (χ1n) is 17.9. The lowest BCUT2D eigenvalue weighted by molar-refractivity contribution is 0.0519. The van der Waals surface area contributed by atoms with Gasteiger partial charge in [-0.3, -0.25) is 5.10 Å². The van der Waals surface area contributed by atoms with E-state index in [0.717, 1.165) is 57.3 Å². The number of aliphatic hydroxyl groups is 1. The third-order valence-corrected chi connectivity index (χ3v) is 10.8. The molecular formula is C40H44N6O6S. The quantitative estimate of drug-likeness (QED) is 0.0755. The molecule has 7 rings (SSSR count). The number of anilines is 1. The van der Waals surface area contributed by atoms with Gasteiger partial charge in [0.2, 0.25) is 0 Å². The molecule has 0 aliphatic carbocycles. The van der Waals surface area contributed by atoms with Crippen molar-refractivity contribution in [3.05, 3.63) is 108 Å². The number of H-pyrrole nitrogens is 2. The molecule has 0 radical (unpaired) electrons. The minimum atomic E-state index is -1.16. The van der Waals surface area contributed by atoms with Crippen LogP contribution in [0, 0.1) is 0 Å². The molecule has 0 saturated carbocycles. The molecule has 0 bridgehead atoms. The Morgan fingerprint density at radius 1 is 0.943 bits per heavy atom. The molecule has 1 saturated heterocycles. The summed E-state index contributed by atoms with van der Waals surface area (Å²) in [5.74, 6) is 1.09. The second-order valence-corrected chi connectivity index (χ2v) is 14.1. The van der Waals surface area contributed by atoms with Crippen LogP contribution in [0.5, 0.6) is 11.5 Å². The fraction of sp³-hybridized carbons (Fsp3) is 0.300. The maximum atomic E-state index is 13.3. The molecule has 12 nitrogen and oxygen atoms in total. The number of hydrogen-bond donors (Lipinski definition) is 4. The Hall–Kier alpha value is -5.21. The second-order valence-electron chi connectivity index (χ2n) is 12.7. The van der Waals surface area contributed by atoms with Crippen molar-refractivity contribution in [2.24, 2.45) is 0 Å². The first kappa shape index (κ1) is 36.2. The van der Waals surface area contributed by atoms with Gasteiger partial charge in [0.15, 0.2) is 11.2 Å². The molecule has 4 N–H and O–H groups in total. The number of benzene rings is 4. The zero-order chi connectivity index (χ0) is 36.7. The van der Waals surface area contributed by atoms with Gasteiger partial charge in [-0.1, -0.05) is 54.6 Å². The Balaban J connectivity index is 1.09. The summed E-state index contributed by atoms with van der Waals surface area (Å²) in [5.41, 5.74) is 5.75. The summed E-state index contributed by atoms with van der Waals surface area (Å²) in [6.45, 7) is 5.37. The molecule has 0 amide bonds. The number of ether oxygens (including phenoxy) is 3. The van der Waals surface area contributed by atoms with E-state index in [9.17, 15) is 14.1 Å². The van der Waals surface area contributed by atoms with E-state index >= 15 is 0 Å². The van der Waals surface area contributed by atoms with Crippen molar-refractivity contribution >= 4 is 44.5 Å². The predicted octanol–water partition coefficient (Wildman–Crippen LogP) is 5.89. The van der Waals surface area contributed by atoms with Crippen LogP contribution < -0.4 is 19.1 Å². The normalized spacial score (nSPS) is 14.1. The maximum Gasteiger partial charge on any atom is 0.355 e. The van der Waals surface area contributed by atoms with Crippen molar-refractivity contribution in [2.45, 2.75) is 33.0 Å². The van der Waals surface area contributed by atoms with E-state index in [-0.39, 0.29) is 19.8 Å². The summed E-state index contributed by atoms with van der Waals surface area (Å²) in [6, 6.07) is 28.0. The fourth-order valence-electron chi connectivity index (χ4n) is 6.98. The number of fused-ring (bicyclic) bond motifs is 2. The third kappa shape index (κ3) is 7.79. The molecule has 1 aliphatic heterocycles. The zero-order valence-corrected chi connectivity index (χ0v) is 30.7. The minimum Gasteiger partial charge on any atom is -0.493 e. The largest absolute Gasteiger partial charge is 0.493 e. The summed E-state index contributed by atoms with van der Waals surface area (Å²) in [4.78, 5) is 18.9. The molecule has 2 aromatic heterocycles. The van der Waals surface area contributed by atoms with Crippen molar-refractivity contribution in [3.63, 3.8) is 0 Å². The van der Waals surface area contributed by atoms with Crippen LogP contribution in [0.3, 0.4) is 0 Å². The monoisotopic (exact) mass is 736 g/mol. The first-order valence-corrected chi connectivity index (χ1v) is 19.0. The lowest BCUT2D eigenvalue weighted by Crippen LogP contribution is -2.49. The van der Waals surface area contributed by atoms with Gasteiger partial charge >= 0.3 is 5.97 Å². The lowest BCUT2D eigenvalue weighted by Gasteiger charge is -2.34. The average molecular weight is 737 g/mol. The van der Waals surface area contributed by atoms with Gasteiger partial charge in [0.1, 0.15) is 23.8 Å². The van der Waals surface area contributed by atoms with Gasteiger partial charge in [0, 0.05) is 53.8 Å². The van der Waals surface area contributed by atoms with Gasteiger partial charge in [0.25, 0.3) is 0 Å². The van der Waals surface area contributed by atoms with Gasteiger partial charge in [-0.05, 0) is 68.1 Å². The third-order valence-electron chi connectivity index (χ3n) is 9.57. The standard InChI is InChI=1S/C40H44N6O6S/c1-3-50-40(48)39-32(14-8-24-51-36-15-6-10-27-9-4-5-11-30(27)36)31-12-7-13-33(38(31)42-39)37-34(25-47)43-44-35(37)26-52-29-18-16-28(17-19-29)45-20-22-46(23-21-45)53(49)41-2/h4-7,9-13,15-19,41-42,47H,3,8,14,20-26H2,1-2H3,(H,43,44). The van der Waals surface area contributed by atoms with Gasteiger partial charge < -0.3 is 29.2 Å². The van der Waals surface area contributed by atoms with E-state index in [1.165, 1.54) is 0 Å². The molecular weight excluding hydrogens is 693 g/mol. The van der Waals surface area contributed by atoms with Crippen LogP contribution in [0.2, 0.25) is 0 Å². The summed E-state index contributed by atoms with van der Waals surface area (Å²) < 4.78 is 34.7. The number of aromatic amines is 2. The van der Waals surface area contributed by atoms with Crippen molar-refractivity contribution in [1.82, 2.24) is 24.2 Å². The van der Waals surface area contributed by atoms with Crippen LogP contribution in [0.4, 0.5) is 5.69 Å². The number of aliphatic hydroxyl groups excluding tert-OH is 1. The highest BCUT2D eigenvalue weighted by Crippen LogP contribution is 2.36. The smallest absolute Gasteiger partial charge is 0.355 e. The molecule has 4 aromatic carbocycles. The zero-order valence-electron chi connectivity index (χ0n) is 29.9. The number of piperazine rings is 1. The summed E-state index contributed by atoms with van der Waals surface area (Å²) in [6.07, 6.45) is 1.25. The number of esters is 1. The topological polar surface area (TPSA) is 145 Å². The molecule has 1 aliphatic rings. The summed E-state index contributed by atoms with van der Waals surface area (Å²) in [5, 5.41) is 20.9. The number of carbonyl (C=O) groups is 1. The number of carbonyl (C=O) groups excluding carboxylic acids is 1. The second kappa shape index (κ2) is 16.6. The van der Waals surface area contributed by atoms with E-state index < -0.39 is 17.1 Å². The number of aromatic nitrogens is 3. The van der Waals surface area contributed by atoms with Crippen molar-refractivity contribution < 1.29 is 28.3 Å². The van der Waals surface area contributed by atoms with Crippen molar-refractivity contribution in [1.29, 1.82) is 0 Å². The van der Waals surface area contributed by atoms with E-state index in [2.05, 4.69) is 43.0 Å². The number of nitrogens with zero attached hydrogens (tertiary/aromatic N) is 3. The maximum absolute atomic E-state index is 13.3. The Kier molecular flexibility index (Phi) is 11.4. The number of aryl methyl sites for hydroxylation is 1. The number of rotatable bonds is 15. The highest BCUT2D eigenvalue weighted by Gasteiger charge is 2.24. The number of hydrogen-bond acceptors (Lipinski definition) is 8. The molecule has 0 spiro atoms. The molecule has 53 heavy (non-hydrogen) atoms. The van der Waals surface area contributed by atoms with Crippen LogP contribution in [0.25, 0.3) is 32.8 Å². The molecule has 1 fully saturated rings. The van der Waals surface area contributed by atoms with E-state index in [1.54, 1.807) is 14.0 Å². The Bertz CT molecular complexity index is 2200. The lowest BCUT2D eigenvalue weighted by atomic mass is 9.98. The summed E-state index contributed by atoms with van der Waals surface area (Å²) in [7, 11) is 1.70. The Labute approximate surface area is 310 Å². The predicted molar refractivity (Wildman–Crippen MR) is 207 cm³/mol. The van der Waals surface area contributed by atoms with Crippen LogP contribution in [-0.2, 0) is 35.5 Å². The SMILES string of the molecule is CCOC(=O)c1[nH]c2c(-c3c(CO)n[nH]c3COc3ccc(N4CCN(S(=O)NC)CC4)cc3)cccc2c1CCCOc1cccc2ccccc12. The minimum absolute atomic E-state index is 0.177. The van der Waals surface area contributed by atoms with Crippen LogP contribution in [0.15, 0.2) is 84.9 Å². The number of nitrogens with one attached hydrogen (secondary N) is 3. The van der Waals surface area contributed by atoms with E-state index in [4.69, 9.17) is 14.2 Å². The summed E-state index contributed by atoms with van der Waals surface area (Å²) >= 11 is -1.16. The van der Waals surface area contributed by atoms with Crippen LogP contribution in [-0.4, -0.2) is 81.2 Å². The fourth-order valence-corrected chi connectivity index (χ4v) is 7.73. The van der Waals surface area contributed by atoms with Gasteiger partial charge in [-0.15, -0.1) is 0 Å². The van der Waals surface area contributed by atoms with E-state index in [0.29, 0.717) is 60.9 Å². The van der Waals surface area contributed by atoms with E-state index in [1.807, 2.05) is 71.0 Å². The molecule has 276 valence electrons. The van der Waals surface area contributed by atoms with Crippen LogP contribution >= 0.6 is 0 Å². The highest BCUT2D eigenvalue weighted by molar-refractivity contribution is 7.80. The molecule has 6 aromatic rings. The van der Waals surface area contributed by atoms with Gasteiger partial charge in [0.05, 0.1) is 36.7 Å². The number of para-hydroxylation sites is 1. The molecule has 1 unspecified atom stereocenters. The van der Waals surface area contributed by atoms with Gasteiger partial charge in [-0.2, -0.15) is 5.10 Å². The van der Waals surface area contributed by atoms with Gasteiger partial charge in [-0.25, -0.2) is 18.0 Å². The molecule has 1 atom stereocenters. The van der Waals surface area contributed by atoms with Crippen molar-refractivity contribution in [2.75, 3.05) is 51.3 Å². The molecule has 3 heterocycles. The average Bonchev–Trinajstić information content (AvgIpc) is 3.80. The van der Waals surface area contributed by atoms with Crippen molar-refractivity contribution in [3.8, 4) is 22.6 Å². The molecule has 13 heteroatoms. The Morgan fingerprint density at radius 3 is 2.47 bits per heavy atom. The Morgan fingerprint density at radius 2 is 1.70 bits per heavy atom.